The number of para-hydroxylation sites is 1. The molecule has 1 N–H and O–H groups in total. The van der Waals surface area contributed by atoms with Crippen molar-refractivity contribution in [3.63, 3.8) is 0 Å². The third-order valence-electron chi connectivity index (χ3n) is 2.04. The van der Waals surface area contributed by atoms with Gasteiger partial charge in [0.15, 0.2) is 0 Å². The highest BCUT2D eigenvalue weighted by Gasteiger charge is 1.98. The topological polar surface area (TPSA) is 67.5 Å². The lowest BCUT2D eigenvalue weighted by atomic mass is 10.2. The van der Waals surface area contributed by atoms with Gasteiger partial charge in [0.2, 0.25) is 0 Å². The zero-order valence-corrected chi connectivity index (χ0v) is 15.6. The number of aldehydes is 1. The van der Waals surface area contributed by atoms with Gasteiger partial charge in [0.25, 0.3) is 0 Å². The van der Waals surface area contributed by atoms with Crippen molar-refractivity contribution in [3.8, 4) is 0 Å². The van der Waals surface area contributed by atoms with Gasteiger partial charge in [-0.3, -0.25) is 0 Å². The van der Waals surface area contributed by atoms with Gasteiger partial charge in [0.05, 0.1) is 0 Å². The minimum atomic E-state index is -0.256. The molecule has 0 bridgehead atoms. The van der Waals surface area contributed by atoms with Crippen molar-refractivity contribution >= 4 is 17.3 Å². The maximum absolute atomic E-state index is 11.1. The number of carbonyl (C=O) groups excluding carboxylic acids is 1. The van der Waals surface area contributed by atoms with Gasteiger partial charge in [-0.15, -0.1) is 0 Å². The third-order valence-corrected chi connectivity index (χ3v) is 2.04. The van der Waals surface area contributed by atoms with Crippen LogP contribution >= 0.6 is 0 Å². The maximum Gasteiger partial charge on any atom is 0.339 e. The Kier molecular flexibility index (Phi) is 22.7. The summed E-state index contributed by atoms with van der Waals surface area (Å²) >= 11 is 0. The van der Waals surface area contributed by atoms with E-state index >= 15 is 0 Å². The molecule has 0 unspecified atom stereocenters. The monoisotopic (exact) mass is 324 g/mol. The molecule has 0 fully saturated rings. The molecular weight excluding hydrogens is 292 g/mol. The summed E-state index contributed by atoms with van der Waals surface area (Å²) in [7, 11) is 0. The van der Waals surface area contributed by atoms with Crippen LogP contribution in [0.25, 0.3) is 11.0 Å². The number of aliphatic hydroxyl groups is 1. The van der Waals surface area contributed by atoms with Crippen LogP contribution in [-0.4, -0.2) is 18.0 Å². The average molecular weight is 324 g/mol. The summed E-state index contributed by atoms with van der Waals surface area (Å²) in [5.74, 6) is 0. The number of hydrogen-bond acceptors (Lipinski definition) is 4. The Morgan fingerprint density at radius 3 is 2.00 bits per heavy atom. The summed E-state index contributed by atoms with van der Waals surface area (Å²) in [6.07, 6.45) is 1.62. The first-order chi connectivity index (χ1) is 11.1. The van der Waals surface area contributed by atoms with E-state index in [0.717, 1.165) is 18.1 Å². The predicted octanol–water partition coefficient (Wildman–Crippen LogP) is 4.75. The molecule has 132 valence electrons. The summed E-state index contributed by atoms with van der Waals surface area (Å²) in [5, 5.41) is 8.84. The van der Waals surface area contributed by atoms with E-state index in [9.17, 15) is 4.79 Å². The Morgan fingerprint density at radius 1 is 1.13 bits per heavy atom. The van der Waals surface area contributed by atoms with Gasteiger partial charge >= 0.3 is 5.63 Å². The van der Waals surface area contributed by atoms with Crippen LogP contribution in [-0.2, 0) is 4.79 Å². The highest BCUT2D eigenvalue weighted by molar-refractivity contribution is 5.76. The molecule has 1 aromatic heterocycles. The molecule has 1 heterocycles. The molecule has 2 aromatic rings. The van der Waals surface area contributed by atoms with Crippen LogP contribution in [0, 0.1) is 6.92 Å². The zero-order valence-electron chi connectivity index (χ0n) is 15.6. The Hall–Kier alpha value is -1.94. The van der Waals surface area contributed by atoms with Crippen molar-refractivity contribution in [2.75, 3.05) is 6.61 Å². The van der Waals surface area contributed by atoms with Crippen LogP contribution in [0.2, 0.25) is 0 Å². The van der Waals surface area contributed by atoms with Gasteiger partial charge in [-0.2, -0.15) is 0 Å². The second kappa shape index (κ2) is 20.1. The second-order valence-corrected chi connectivity index (χ2v) is 3.71. The lowest BCUT2D eigenvalue weighted by Gasteiger charge is -1.95. The van der Waals surface area contributed by atoms with Crippen molar-refractivity contribution in [1.29, 1.82) is 0 Å². The maximum atomic E-state index is 11.1. The number of aliphatic hydroxyl groups excluding tert-OH is 1. The number of fused-ring (bicyclic) bond motifs is 1. The predicted molar refractivity (Wildman–Crippen MR) is 99.0 cm³/mol. The first kappa shape index (κ1) is 26.0. The number of benzene rings is 1. The molecule has 0 saturated carbocycles. The quantitative estimate of drug-likeness (QED) is 0.607. The SMILES string of the molecule is CC.CC.CC=O.CCCO.Cc1cc2ccccc2oc1=O. The molecule has 0 saturated heterocycles. The molecule has 23 heavy (non-hydrogen) atoms. The molecule has 1 aromatic carbocycles. The fourth-order valence-corrected chi connectivity index (χ4v) is 1.17. The lowest BCUT2D eigenvalue weighted by molar-refractivity contribution is -0.106. The van der Waals surface area contributed by atoms with Gasteiger partial charge in [0.1, 0.15) is 11.9 Å². The summed E-state index contributed by atoms with van der Waals surface area (Å²) in [4.78, 5) is 19.9. The minimum absolute atomic E-state index is 0.256. The normalized spacial score (nSPS) is 7.83. The van der Waals surface area contributed by atoms with Crippen LogP contribution in [0.4, 0.5) is 0 Å². The van der Waals surface area contributed by atoms with E-state index < -0.39 is 0 Å². The molecule has 0 amide bonds. The van der Waals surface area contributed by atoms with E-state index in [2.05, 4.69) is 0 Å². The number of carbonyl (C=O) groups is 1. The fraction of sp³-hybridized carbons (Fsp3) is 0.474. The van der Waals surface area contributed by atoms with Crippen LogP contribution in [0.15, 0.2) is 39.5 Å². The van der Waals surface area contributed by atoms with Crippen molar-refractivity contribution < 1.29 is 14.3 Å². The molecule has 0 atom stereocenters. The van der Waals surface area contributed by atoms with Gasteiger partial charge in [0, 0.05) is 17.6 Å². The van der Waals surface area contributed by atoms with E-state index in [0.29, 0.717) is 17.8 Å². The Balaban J connectivity index is -0.000000307. The summed E-state index contributed by atoms with van der Waals surface area (Å²) in [6.45, 7) is 13.4. The van der Waals surface area contributed by atoms with E-state index in [1.54, 1.807) is 13.0 Å². The van der Waals surface area contributed by atoms with E-state index in [4.69, 9.17) is 14.3 Å². The molecule has 0 spiro atoms. The van der Waals surface area contributed by atoms with Gasteiger partial charge in [-0.1, -0.05) is 52.8 Å². The standard InChI is InChI=1S/C10H8O2.C3H8O.C2H4O.2C2H6/c1-7-6-8-4-2-3-5-9(8)12-10(7)11;1-2-3-4;1-2-3;2*1-2/h2-6H,1H3;4H,2-3H2,1H3;2H,1H3;2*1-2H3. The smallest absolute Gasteiger partial charge is 0.339 e. The molecule has 4 heteroatoms. The first-order valence-electron chi connectivity index (χ1n) is 8.10. The van der Waals surface area contributed by atoms with Crippen LogP contribution in [0.5, 0.6) is 0 Å². The highest BCUT2D eigenvalue weighted by Crippen LogP contribution is 2.11. The van der Waals surface area contributed by atoms with Crippen LogP contribution in [0.1, 0.15) is 53.5 Å². The first-order valence-corrected chi connectivity index (χ1v) is 8.10. The Labute approximate surface area is 140 Å². The molecular formula is C19H32O4. The number of rotatable bonds is 1. The van der Waals surface area contributed by atoms with Gasteiger partial charge in [-0.25, -0.2) is 4.79 Å². The van der Waals surface area contributed by atoms with E-state index in [1.165, 1.54) is 6.92 Å². The summed E-state index contributed by atoms with van der Waals surface area (Å²) < 4.78 is 5.04. The molecule has 0 aliphatic rings. The molecule has 0 aliphatic carbocycles. The van der Waals surface area contributed by atoms with Crippen molar-refractivity contribution in [3.05, 3.63) is 46.3 Å². The van der Waals surface area contributed by atoms with Crippen molar-refractivity contribution in [2.24, 2.45) is 0 Å². The largest absolute Gasteiger partial charge is 0.423 e. The Morgan fingerprint density at radius 2 is 1.57 bits per heavy atom. The lowest BCUT2D eigenvalue weighted by Crippen LogP contribution is -2.01. The van der Waals surface area contributed by atoms with Crippen molar-refractivity contribution in [2.45, 2.75) is 54.9 Å². The van der Waals surface area contributed by atoms with Crippen LogP contribution in [0.3, 0.4) is 0 Å². The van der Waals surface area contributed by atoms with E-state index in [1.807, 2.05) is 58.9 Å². The van der Waals surface area contributed by atoms with E-state index in [-0.39, 0.29) is 5.63 Å². The molecule has 0 aliphatic heterocycles. The van der Waals surface area contributed by atoms with Gasteiger partial charge in [-0.05, 0) is 32.4 Å². The zero-order chi connectivity index (χ0) is 18.7. The molecule has 0 radical (unpaired) electrons. The summed E-state index contributed by atoms with van der Waals surface area (Å²) in [5.41, 5.74) is 1.04. The van der Waals surface area contributed by atoms with Gasteiger partial charge < -0.3 is 14.3 Å². The summed E-state index contributed by atoms with van der Waals surface area (Å²) in [6, 6.07) is 9.31. The highest BCUT2D eigenvalue weighted by atomic mass is 16.4. The molecule has 4 nitrogen and oxygen atoms in total. The minimum Gasteiger partial charge on any atom is -0.423 e. The number of aryl methyl sites for hydroxylation is 1. The fourth-order valence-electron chi connectivity index (χ4n) is 1.17. The average Bonchev–Trinajstić information content (AvgIpc) is 2.60. The second-order valence-electron chi connectivity index (χ2n) is 3.71. The molecule has 2 rings (SSSR count). The van der Waals surface area contributed by atoms with Crippen molar-refractivity contribution in [1.82, 2.24) is 0 Å². The third kappa shape index (κ3) is 13.4. The van der Waals surface area contributed by atoms with Crippen LogP contribution < -0.4 is 5.63 Å². The Bertz CT molecular complexity index is 542. The number of hydrogen-bond donors (Lipinski definition) is 1.